The molecule has 0 unspecified atom stereocenters. The molecule has 2 rings (SSSR count). The predicted molar refractivity (Wildman–Crippen MR) is 81.5 cm³/mol. The molecule has 0 fully saturated rings. The van der Waals surface area contributed by atoms with Gasteiger partial charge in [-0.05, 0) is 57.0 Å². The summed E-state index contributed by atoms with van der Waals surface area (Å²) in [6, 6.07) is 4.40. The van der Waals surface area contributed by atoms with E-state index in [4.69, 9.17) is 0 Å². The molecule has 0 radical (unpaired) electrons. The molecule has 0 saturated heterocycles. The molecule has 0 atom stereocenters. The fourth-order valence-electron chi connectivity index (χ4n) is 1.58. The first-order valence-corrected chi connectivity index (χ1v) is 8.58. The summed E-state index contributed by atoms with van der Waals surface area (Å²) in [7, 11) is -4.24. The summed E-state index contributed by atoms with van der Waals surface area (Å²) >= 11 is 6.08. The van der Waals surface area contributed by atoms with Crippen LogP contribution < -0.4 is 4.72 Å². The number of halogens is 4. The van der Waals surface area contributed by atoms with Gasteiger partial charge in [-0.25, -0.2) is 22.2 Å². The molecule has 9 heteroatoms. The van der Waals surface area contributed by atoms with Gasteiger partial charge < -0.3 is 0 Å². The van der Waals surface area contributed by atoms with Crippen LogP contribution in [-0.4, -0.2) is 13.4 Å². The maximum absolute atomic E-state index is 13.7. The average molecular weight is 442 g/mol. The molecule has 1 N–H and O–H groups in total. The number of nitrogens with one attached hydrogen (secondary N) is 1. The van der Waals surface area contributed by atoms with Crippen LogP contribution in [0, 0.1) is 18.6 Å². The molecule has 1 aromatic heterocycles. The molecule has 0 aliphatic rings. The summed E-state index contributed by atoms with van der Waals surface area (Å²) < 4.78 is 53.8. The zero-order valence-electron chi connectivity index (χ0n) is 10.5. The van der Waals surface area contributed by atoms with Crippen LogP contribution in [0.3, 0.4) is 0 Å². The van der Waals surface area contributed by atoms with Gasteiger partial charge in [0.05, 0.1) is 5.69 Å². The van der Waals surface area contributed by atoms with E-state index in [2.05, 4.69) is 41.6 Å². The van der Waals surface area contributed by atoms with Gasteiger partial charge in [0.15, 0.2) is 0 Å². The first-order valence-electron chi connectivity index (χ1n) is 5.51. The molecule has 0 amide bonds. The van der Waals surface area contributed by atoms with Crippen molar-refractivity contribution in [3.8, 4) is 0 Å². The Morgan fingerprint density at radius 2 is 1.81 bits per heavy atom. The van der Waals surface area contributed by atoms with Crippen molar-refractivity contribution in [3.63, 3.8) is 0 Å². The van der Waals surface area contributed by atoms with Gasteiger partial charge >= 0.3 is 0 Å². The van der Waals surface area contributed by atoms with Crippen LogP contribution >= 0.6 is 31.9 Å². The van der Waals surface area contributed by atoms with Gasteiger partial charge in [0.1, 0.15) is 22.3 Å². The van der Waals surface area contributed by atoms with E-state index < -0.39 is 26.6 Å². The lowest BCUT2D eigenvalue weighted by atomic mass is 10.3. The standard InChI is InChI=1S/C12H8Br2F2N2O2S/c1-6-8(13)2-3-11(17-6)18-21(19,20)12-9(14)4-7(15)5-10(12)16/h2-5H,1H3,(H,17,18). The first-order chi connectivity index (χ1) is 9.70. The van der Waals surface area contributed by atoms with Gasteiger partial charge in [0.25, 0.3) is 10.0 Å². The molecule has 0 spiro atoms. The van der Waals surface area contributed by atoms with Crippen molar-refractivity contribution in [2.45, 2.75) is 11.8 Å². The summed E-state index contributed by atoms with van der Waals surface area (Å²) in [4.78, 5) is 3.34. The number of anilines is 1. The molecule has 1 aromatic carbocycles. The molecule has 4 nitrogen and oxygen atoms in total. The second-order valence-corrected chi connectivity index (χ2v) is 7.40. The Morgan fingerprint density at radius 1 is 1.14 bits per heavy atom. The minimum atomic E-state index is -4.24. The molecular weight excluding hydrogens is 434 g/mol. The van der Waals surface area contributed by atoms with Crippen molar-refractivity contribution in [2.75, 3.05) is 4.72 Å². The number of aromatic nitrogens is 1. The first kappa shape index (κ1) is 16.3. The van der Waals surface area contributed by atoms with E-state index in [-0.39, 0.29) is 10.3 Å². The molecule has 0 saturated carbocycles. The van der Waals surface area contributed by atoms with E-state index in [9.17, 15) is 17.2 Å². The van der Waals surface area contributed by atoms with Crippen LogP contribution in [0.1, 0.15) is 5.69 Å². The number of aryl methyl sites for hydroxylation is 1. The molecule has 0 bridgehead atoms. The van der Waals surface area contributed by atoms with E-state index in [0.29, 0.717) is 16.2 Å². The Morgan fingerprint density at radius 3 is 2.38 bits per heavy atom. The van der Waals surface area contributed by atoms with E-state index >= 15 is 0 Å². The van der Waals surface area contributed by atoms with Gasteiger partial charge in [-0.1, -0.05) is 0 Å². The van der Waals surface area contributed by atoms with Crippen molar-refractivity contribution < 1.29 is 17.2 Å². The molecular formula is C12H8Br2F2N2O2S. The van der Waals surface area contributed by atoms with Gasteiger partial charge in [-0.3, -0.25) is 4.72 Å². The van der Waals surface area contributed by atoms with Gasteiger partial charge in [0.2, 0.25) is 0 Å². The van der Waals surface area contributed by atoms with Gasteiger partial charge in [0, 0.05) is 15.0 Å². The smallest absolute Gasteiger partial charge is 0.263 e. The number of sulfonamides is 1. The quantitative estimate of drug-likeness (QED) is 0.783. The Kier molecular flexibility index (Phi) is 4.64. The van der Waals surface area contributed by atoms with Crippen LogP contribution in [0.15, 0.2) is 38.1 Å². The molecule has 21 heavy (non-hydrogen) atoms. The van der Waals surface area contributed by atoms with Crippen LogP contribution in [0.2, 0.25) is 0 Å². The molecule has 2 aromatic rings. The third kappa shape index (κ3) is 3.58. The van der Waals surface area contributed by atoms with E-state index in [0.717, 1.165) is 6.07 Å². The van der Waals surface area contributed by atoms with Crippen LogP contribution in [0.5, 0.6) is 0 Å². The van der Waals surface area contributed by atoms with E-state index in [1.807, 2.05) is 0 Å². The van der Waals surface area contributed by atoms with Crippen molar-refractivity contribution in [3.05, 3.63) is 50.5 Å². The Hall–Kier alpha value is -1.06. The van der Waals surface area contributed by atoms with Crippen molar-refractivity contribution in [1.29, 1.82) is 0 Å². The Balaban J connectivity index is 2.46. The molecule has 0 aliphatic heterocycles. The topological polar surface area (TPSA) is 59.1 Å². The lowest BCUT2D eigenvalue weighted by Crippen LogP contribution is -2.16. The van der Waals surface area contributed by atoms with Crippen molar-refractivity contribution in [2.24, 2.45) is 0 Å². The van der Waals surface area contributed by atoms with Crippen LogP contribution in [0.4, 0.5) is 14.6 Å². The highest BCUT2D eigenvalue weighted by Crippen LogP contribution is 2.28. The zero-order chi connectivity index (χ0) is 15.8. The summed E-state index contributed by atoms with van der Waals surface area (Å²) in [6.07, 6.45) is 0. The molecule has 0 aliphatic carbocycles. The highest BCUT2D eigenvalue weighted by atomic mass is 79.9. The molecule has 112 valence electrons. The minimum Gasteiger partial charge on any atom is -0.263 e. The predicted octanol–water partition coefficient (Wildman–Crippen LogP) is 3.99. The zero-order valence-corrected chi connectivity index (χ0v) is 14.5. The second-order valence-electron chi connectivity index (χ2n) is 4.07. The summed E-state index contributed by atoms with van der Waals surface area (Å²) in [5, 5.41) is 0. The van der Waals surface area contributed by atoms with E-state index in [1.54, 1.807) is 13.0 Å². The lowest BCUT2D eigenvalue weighted by molar-refractivity contribution is 0.548. The highest BCUT2D eigenvalue weighted by molar-refractivity contribution is 9.10. The maximum Gasteiger partial charge on any atom is 0.267 e. The van der Waals surface area contributed by atoms with Gasteiger partial charge in [-0.15, -0.1) is 0 Å². The summed E-state index contributed by atoms with van der Waals surface area (Å²) in [6.45, 7) is 1.68. The fourth-order valence-corrected chi connectivity index (χ4v) is 3.97. The second kappa shape index (κ2) is 5.98. The highest BCUT2D eigenvalue weighted by Gasteiger charge is 2.24. The largest absolute Gasteiger partial charge is 0.267 e. The fraction of sp³-hybridized carbons (Fsp3) is 0.0833. The summed E-state index contributed by atoms with van der Waals surface area (Å²) in [5.41, 5.74) is 0.564. The number of nitrogens with zero attached hydrogens (tertiary/aromatic N) is 1. The number of hydrogen-bond acceptors (Lipinski definition) is 3. The maximum atomic E-state index is 13.7. The Bertz CT molecular complexity index is 790. The lowest BCUT2D eigenvalue weighted by Gasteiger charge is -2.11. The van der Waals surface area contributed by atoms with Crippen LogP contribution in [0.25, 0.3) is 0 Å². The number of pyridine rings is 1. The minimum absolute atomic E-state index is 0.0336. The average Bonchev–Trinajstić information content (AvgIpc) is 2.31. The van der Waals surface area contributed by atoms with Crippen LogP contribution in [-0.2, 0) is 10.0 Å². The van der Waals surface area contributed by atoms with Gasteiger partial charge in [-0.2, -0.15) is 0 Å². The number of hydrogen-bond donors (Lipinski definition) is 1. The van der Waals surface area contributed by atoms with Crippen molar-refractivity contribution >= 4 is 47.7 Å². The third-order valence-electron chi connectivity index (χ3n) is 2.49. The Labute approximate surface area is 136 Å². The SMILES string of the molecule is Cc1nc(NS(=O)(=O)c2c(F)cc(F)cc2Br)ccc1Br. The monoisotopic (exact) mass is 440 g/mol. The summed E-state index contributed by atoms with van der Waals surface area (Å²) in [5.74, 6) is -2.04. The van der Waals surface area contributed by atoms with Crippen molar-refractivity contribution in [1.82, 2.24) is 4.98 Å². The van der Waals surface area contributed by atoms with E-state index in [1.165, 1.54) is 6.07 Å². The third-order valence-corrected chi connectivity index (χ3v) is 5.65. The normalized spacial score (nSPS) is 11.5. The molecule has 1 heterocycles. The number of benzene rings is 1. The number of rotatable bonds is 3.